The Bertz CT molecular complexity index is 729. The van der Waals surface area contributed by atoms with Gasteiger partial charge in [0.05, 0.1) is 5.69 Å². The number of H-pyrrole nitrogens is 1. The Hall–Kier alpha value is -2.74. The highest BCUT2D eigenvalue weighted by Gasteiger charge is 2.38. The van der Waals surface area contributed by atoms with E-state index in [-0.39, 0.29) is 17.9 Å². The second-order valence-corrected chi connectivity index (χ2v) is 5.77. The molecule has 3 rings (SSSR count). The van der Waals surface area contributed by atoms with Gasteiger partial charge in [-0.2, -0.15) is 5.10 Å². The summed E-state index contributed by atoms with van der Waals surface area (Å²) < 4.78 is 0. The summed E-state index contributed by atoms with van der Waals surface area (Å²) in [5.41, 5.74) is 7.80. The molecule has 1 aliphatic rings. The second kappa shape index (κ2) is 6.79. The Morgan fingerprint density at radius 2 is 2.17 bits per heavy atom. The lowest BCUT2D eigenvalue weighted by Gasteiger charge is -2.22. The van der Waals surface area contributed by atoms with Crippen LogP contribution in [-0.4, -0.2) is 57.1 Å². The van der Waals surface area contributed by atoms with Crippen LogP contribution in [0.25, 0.3) is 11.3 Å². The van der Waals surface area contributed by atoms with Crippen LogP contribution in [0.15, 0.2) is 30.6 Å². The number of hydrogen-bond donors (Lipinski definition) is 3. The van der Waals surface area contributed by atoms with Gasteiger partial charge in [-0.15, -0.1) is 0 Å². The molecule has 1 fully saturated rings. The number of carbonyl (C=O) groups excluding carboxylic acids is 2. The highest BCUT2D eigenvalue weighted by atomic mass is 16.2. The van der Waals surface area contributed by atoms with Crippen molar-refractivity contribution in [3.63, 3.8) is 0 Å². The average Bonchev–Trinajstić information content (AvgIpc) is 3.22. The molecule has 0 radical (unpaired) electrons. The van der Waals surface area contributed by atoms with E-state index in [1.54, 1.807) is 18.5 Å². The Morgan fingerprint density at radius 3 is 2.88 bits per heavy atom. The number of pyridine rings is 1. The van der Waals surface area contributed by atoms with Crippen molar-refractivity contribution < 1.29 is 9.59 Å². The first-order chi connectivity index (χ1) is 11.6. The average molecular weight is 328 g/mol. The molecular weight excluding hydrogens is 308 g/mol. The van der Waals surface area contributed by atoms with Gasteiger partial charge in [-0.05, 0) is 31.5 Å². The van der Waals surface area contributed by atoms with E-state index in [1.807, 2.05) is 19.1 Å². The molecule has 8 heteroatoms. The molecule has 1 saturated heterocycles. The monoisotopic (exact) mass is 328 g/mol. The zero-order chi connectivity index (χ0) is 17.1. The fraction of sp³-hybridized carbons (Fsp3) is 0.375. The van der Waals surface area contributed by atoms with Crippen LogP contribution in [0.3, 0.4) is 0 Å². The third kappa shape index (κ3) is 3.13. The highest BCUT2D eigenvalue weighted by Crippen LogP contribution is 2.22. The molecular formula is C16H20N6O2. The molecule has 8 nitrogen and oxygen atoms in total. The van der Waals surface area contributed by atoms with E-state index in [0.717, 1.165) is 5.56 Å². The van der Waals surface area contributed by atoms with E-state index >= 15 is 0 Å². The largest absolute Gasteiger partial charge is 0.355 e. The first kappa shape index (κ1) is 16.1. The maximum Gasteiger partial charge on any atom is 0.272 e. The minimum absolute atomic E-state index is 0.173. The molecule has 126 valence electrons. The van der Waals surface area contributed by atoms with Gasteiger partial charge in [-0.3, -0.25) is 19.7 Å². The molecule has 0 spiro atoms. The van der Waals surface area contributed by atoms with Gasteiger partial charge in [-0.25, -0.2) is 0 Å². The predicted octanol–water partition coefficient (Wildman–Crippen LogP) is 0.150. The number of aromatic amines is 1. The topological polar surface area (TPSA) is 117 Å². The smallest absolute Gasteiger partial charge is 0.272 e. The molecule has 0 aromatic carbocycles. The third-order valence-corrected chi connectivity index (χ3v) is 4.03. The summed E-state index contributed by atoms with van der Waals surface area (Å²) in [6, 6.07) is 4.56. The molecule has 4 N–H and O–H groups in total. The third-order valence-electron chi connectivity index (χ3n) is 4.03. The van der Waals surface area contributed by atoms with Gasteiger partial charge in [0, 0.05) is 37.1 Å². The van der Waals surface area contributed by atoms with E-state index in [2.05, 4.69) is 20.5 Å². The highest BCUT2D eigenvalue weighted by molar-refractivity contribution is 5.97. The van der Waals surface area contributed by atoms with Gasteiger partial charge >= 0.3 is 0 Å². The predicted molar refractivity (Wildman–Crippen MR) is 87.9 cm³/mol. The SMILES string of the molecule is CCNC(=O)[C@@H]1C[C@@H](N)CN1C(=O)c1cc(-c2ccncc2)n[nH]1. The lowest BCUT2D eigenvalue weighted by Crippen LogP contribution is -2.46. The first-order valence-electron chi connectivity index (χ1n) is 7.90. The van der Waals surface area contributed by atoms with Gasteiger partial charge in [0.2, 0.25) is 5.91 Å². The van der Waals surface area contributed by atoms with Gasteiger partial charge in [0.1, 0.15) is 11.7 Å². The lowest BCUT2D eigenvalue weighted by molar-refractivity contribution is -0.124. The number of hydrogen-bond acceptors (Lipinski definition) is 5. The molecule has 0 unspecified atom stereocenters. The Morgan fingerprint density at radius 1 is 1.42 bits per heavy atom. The Kier molecular flexibility index (Phi) is 4.57. The van der Waals surface area contributed by atoms with Crippen LogP contribution >= 0.6 is 0 Å². The van der Waals surface area contributed by atoms with Crippen LogP contribution < -0.4 is 11.1 Å². The van der Waals surface area contributed by atoms with Gasteiger partial charge in [-0.1, -0.05) is 0 Å². The molecule has 3 heterocycles. The summed E-state index contributed by atoms with van der Waals surface area (Å²) in [5.74, 6) is -0.445. The van der Waals surface area contributed by atoms with Gasteiger partial charge < -0.3 is 16.0 Å². The van der Waals surface area contributed by atoms with Crippen molar-refractivity contribution in [3.8, 4) is 11.3 Å². The maximum atomic E-state index is 12.8. The van der Waals surface area contributed by atoms with Crippen molar-refractivity contribution in [1.29, 1.82) is 0 Å². The summed E-state index contributed by atoms with van der Waals surface area (Å²) in [5, 5.41) is 9.68. The van der Waals surface area contributed by atoms with E-state index in [9.17, 15) is 9.59 Å². The number of nitrogens with zero attached hydrogens (tertiary/aromatic N) is 3. The number of nitrogens with two attached hydrogens (primary N) is 1. The van der Waals surface area contributed by atoms with Crippen LogP contribution in [0.2, 0.25) is 0 Å². The molecule has 0 bridgehead atoms. The normalized spacial score (nSPS) is 20.2. The fourth-order valence-corrected chi connectivity index (χ4v) is 2.89. The van der Waals surface area contributed by atoms with Crippen molar-refractivity contribution in [2.45, 2.75) is 25.4 Å². The summed E-state index contributed by atoms with van der Waals surface area (Å²) in [4.78, 5) is 30.4. The first-order valence-corrected chi connectivity index (χ1v) is 7.90. The van der Waals surface area contributed by atoms with Crippen molar-refractivity contribution in [1.82, 2.24) is 25.4 Å². The zero-order valence-electron chi connectivity index (χ0n) is 13.4. The van der Waals surface area contributed by atoms with Crippen molar-refractivity contribution in [2.75, 3.05) is 13.1 Å². The Balaban J connectivity index is 1.80. The maximum absolute atomic E-state index is 12.8. The standard InChI is InChI=1S/C16H20N6O2/c1-2-19-15(23)14-7-11(17)9-22(14)16(24)13-8-12(20-21-13)10-3-5-18-6-4-10/h3-6,8,11,14H,2,7,9,17H2,1H3,(H,19,23)(H,20,21)/t11-,14+/m1/s1. The van der Waals surface area contributed by atoms with Gasteiger partial charge in [0.15, 0.2) is 0 Å². The van der Waals surface area contributed by atoms with Crippen LogP contribution in [0.1, 0.15) is 23.8 Å². The summed E-state index contributed by atoms with van der Waals surface area (Å²) in [6.45, 7) is 2.71. The molecule has 2 atom stereocenters. The summed E-state index contributed by atoms with van der Waals surface area (Å²) in [6.07, 6.45) is 3.79. The van der Waals surface area contributed by atoms with E-state index in [0.29, 0.717) is 30.9 Å². The minimum atomic E-state index is -0.542. The molecule has 0 aliphatic carbocycles. The Labute approximate surface area is 139 Å². The molecule has 2 aromatic heterocycles. The number of carbonyl (C=O) groups is 2. The number of likely N-dealkylation sites (tertiary alicyclic amines) is 1. The molecule has 2 amide bonds. The van der Waals surface area contributed by atoms with Crippen LogP contribution in [0.4, 0.5) is 0 Å². The zero-order valence-corrected chi connectivity index (χ0v) is 13.4. The number of amides is 2. The second-order valence-electron chi connectivity index (χ2n) is 5.77. The van der Waals surface area contributed by atoms with E-state index in [4.69, 9.17) is 5.73 Å². The molecule has 1 aliphatic heterocycles. The fourth-order valence-electron chi connectivity index (χ4n) is 2.89. The summed E-state index contributed by atoms with van der Waals surface area (Å²) >= 11 is 0. The molecule has 2 aromatic rings. The van der Waals surface area contributed by atoms with Gasteiger partial charge in [0.25, 0.3) is 5.91 Å². The van der Waals surface area contributed by atoms with E-state index in [1.165, 1.54) is 4.90 Å². The quantitative estimate of drug-likeness (QED) is 0.738. The number of nitrogens with one attached hydrogen (secondary N) is 2. The van der Waals surface area contributed by atoms with Crippen molar-refractivity contribution in [2.24, 2.45) is 5.73 Å². The van der Waals surface area contributed by atoms with Crippen LogP contribution in [0, 0.1) is 0 Å². The summed E-state index contributed by atoms with van der Waals surface area (Å²) in [7, 11) is 0. The van der Waals surface area contributed by atoms with Crippen molar-refractivity contribution in [3.05, 3.63) is 36.3 Å². The van der Waals surface area contributed by atoms with E-state index < -0.39 is 6.04 Å². The van der Waals surface area contributed by atoms with Crippen molar-refractivity contribution >= 4 is 11.8 Å². The lowest BCUT2D eigenvalue weighted by atomic mass is 10.1. The number of rotatable bonds is 4. The molecule has 0 saturated carbocycles. The minimum Gasteiger partial charge on any atom is -0.355 e. The van der Waals surface area contributed by atoms with Crippen LogP contribution in [-0.2, 0) is 4.79 Å². The molecule has 24 heavy (non-hydrogen) atoms. The number of likely N-dealkylation sites (N-methyl/N-ethyl adjacent to an activating group) is 1. The van der Waals surface area contributed by atoms with Crippen LogP contribution in [0.5, 0.6) is 0 Å². The number of aromatic nitrogens is 3.